The Morgan fingerprint density at radius 2 is 1.76 bits per heavy atom. The molecule has 1 aromatic heterocycles. The average molecular weight is 409 g/mol. The molecule has 3 rings (SSSR count). The summed E-state index contributed by atoms with van der Waals surface area (Å²) in [6.07, 6.45) is 2.43. The standard InChI is InChI=1S/C23H24N2O3S/c1-25(15-13-17-11-12-20(27-2)21(16-17)28-3)23(26)19-10-7-14-24-22(19)29-18-8-5-4-6-9-18/h4-12,14,16H,13,15H2,1-3H3. The van der Waals surface area contributed by atoms with E-state index < -0.39 is 0 Å². The summed E-state index contributed by atoms with van der Waals surface area (Å²) in [6.45, 7) is 0.582. The Morgan fingerprint density at radius 1 is 1.00 bits per heavy atom. The first-order chi connectivity index (χ1) is 14.1. The van der Waals surface area contributed by atoms with Crippen molar-refractivity contribution in [2.24, 2.45) is 0 Å². The van der Waals surface area contributed by atoms with Gasteiger partial charge in [0.15, 0.2) is 11.5 Å². The van der Waals surface area contributed by atoms with Crippen molar-refractivity contribution < 1.29 is 14.3 Å². The summed E-state index contributed by atoms with van der Waals surface area (Å²) in [4.78, 5) is 20.2. The van der Waals surface area contributed by atoms with Crippen molar-refractivity contribution in [1.29, 1.82) is 0 Å². The topological polar surface area (TPSA) is 51.7 Å². The Morgan fingerprint density at radius 3 is 2.48 bits per heavy atom. The van der Waals surface area contributed by atoms with Gasteiger partial charge in [0.05, 0.1) is 19.8 Å². The summed E-state index contributed by atoms with van der Waals surface area (Å²) >= 11 is 1.49. The Kier molecular flexibility index (Phi) is 7.14. The third-order valence-electron chi connectivity index (χ3n) is 4.49. The molecule has 3 aromatic rings. The van der Waals surface area contributed by atoms with Crippen molar-refractivity contribution in [2.45, 2.75) is 16.3 Å². The number of aromatic nitrogens is 1. The fourth-order valence-electron chi connectivity index (χ4n) is 2.88. The van der Waals surface area contributed by atoms with E-state index in [0.29, 0.717) is 35.1 Å². The van der Waals surface area contributed by atoms with E-state index in [4.69, 9.17) is 9.47 Å². The van der Waals surface area contributed by atoms with E-state index >= 15 is 0 Å². The van der Waals surface area contributed by atoms with Gasteiger partial charge >= 0.3 is 0 Å². The fourth-order valence-corrected chi connectivity index (χ4v) is 3.77. The third kappa shape index (κ3) is 5.29. The van der Waals surface area contributed by atoms with Gasteiger partial charge in [-0.2, -0.15) is 0 Å². The van der Waals surface area contributed by atoms with Crippen LogP contribution in [0.15, 0.2) is 76.8 Å². The van der Waals surface area contributed by atoms with Gasteiger partial charge in [0.25, 0.3) is 5.91 Å². The van der Waals surface area contributed by atoms with Gasteiger partial charge in [0.1, 0.15) is 5.03 Å². The lowest BCUT2D eigenvalue weighted by Crippen LogP contribution is -2.29. The molecular formula is C23H24N2O3S. The Hall–Kier alpha value is -2.99. The second kappa shape index (κ2) is 9.98. The maximum Gasteiger partial charge on any atom is 0.256 e. The molecular weight excluding hydrogens is 384 g/mol. The molecule has 0 aliphatic heterocycles. The van der Waals surface area contributed by atoms with Crippen LogP contribution in [0.5, 0.6) is 11.5 Å². The first-order valence-electron chi connectivity index (χ1n) is 9.26. The zero-order valence-corrected chi connectivity index (χ0v) is 17.6. The zero-order valence-electron chi connectivity index (χ0n) is 16.8. The van der Waals surface area contributed by atoms with E-state index in [9.17, 15) is 4.79 Å². The van der Waals surface area contributed by atoms with Crippen LogP contribution < -0.4 is 9.47 Å². The summed E-state index contributed by atoms with van der Waals surface area (Å²) in [5.41, 5.74) is 1.68. The van der Waals surface area contributed by atoms with Crippen LogP contribution in [0, 0.1) is 0 Å². The van der Waals surface area contributed by atoms with E-state index in [1.54, 1.807) is 31.4 Å². The van der Waals surface area contributed by atoms with Crippen LogP contribution in [-0.4, -0.2) is 43.6 Å². The van der Waals surface area contributed by atoms with Gasteiger partial charge in [0, 0.05) is 24.7 Å². The summed E-state index contributed by atoms with van der Waals surface area (Å²) in [5, 5.41) is 0.710. The quantitative estimate of drug-likeness (QED) is 0.547. The first kappa shape index (κ1) is 20.7. The Bertz CT molecular complexity index is 963. The van der Waals surface area contributed by atoms with Crippen LogP contribution in [0.1, 0.15) is 15.9 Å². The molecule has 0 spiro atoms. The van der Waals surface area contributed by atoms with Crippen molar-refractivity contribution in [3.05, 3.63) is 78.0 Å². The number of pyridine rings is 1. The van der Waals surface area contributed by atoms with Gasteiger partial charge in [-0.1, -0.05) is 36.0 Å². The molecule has 1 heterocycles. The molecule has 0 radical (unpaired) electrons. The molecule has 5 nitrogen and oxygen atoms in total. The van der Waals surface area contributed by atoms with E-state index in [0.717, 1.165) is 10.5 Å². The Labute approximate surface area is 175 Å². The largest absolute Gasteiger partial charge is 0.493 e. The number of benzene rings is 2. The SMILES string of the molecule is COc1ccc(CCN(C)C(=O)c2cccnc2Sc2ccccc2)cc1OC. The van der Waals surface area contributed by atoms with Crippen LogP contribution in [0.25, 0.3) is 0 Å². The van der Waals surface area contributed by atoms with Crippen molar-refractivity contribution >= 4 is 17.7 Å². The number of amides is 1. The van der Waals surface area contributed by atoms with Gasteiger partial charge in [0.2, 0.25) is 0 Å². The molecule has 0 N–H and O–H groups in total. The van der Waals surface area contributed by atoms with Crippen LogP contribution in [0.3, 0.4) is 0 Å². The minimum absolute atomic E-state index is 0.0444. The van der Waals surface area contributed by atoms with Gasteiger partial charge in [-0.15, -0.1) is 0 Å². The van der Waals surface area contributed by atoms with Gasteiger partial charge in [-0.05, 0) is 48.4 Å². The summed E-state index contributed by atoms with van der Waals surface area (Å²) in [5.74, 6) is 1.34. The van der Waals surface area contributed by atoms with Crippen LogP contribution in [-0.2, 0) is 6.42 Å². The smallest absolute Gasteiger partial charge is 0.256 e. The maximum absolute atomic E-state index is 13.0. The summed E-state index contributed by atoms with van der Waals surface area (Å²) in [6, 6.07) is 19.4. The number of hydrogen-bond donors (Lipinski definition) is 0. The molecule has 0 fully saturated rings. The third-order valence-corrected chi connectivity index (χ3v) is 5.52. The normalized spacial score (nSPS) is 10.4. The molecule has 1 amide bonds. The fraction of sp³-hybridized carbons (Fsp3) is 0.217. The molecule has 0 aliphatic rings. The molecule has 0 bridgehead atoms. The molecule has 0 atom stereocenters. The highest BCUT2D eigenvalue weighted by molar-refractivity contribution is 7.99. The molecule has 0 aliphatic carbocycles. The van der Waals surface area contributed by atoms with Crippen molar-refractivity contribution in [3.63, 3.8) is 0 Å². The highest BCUT2D eigenvalue weighted by Gasteiger charge is 2.17. The molecule has 0 saturated carbocycles. The second-order valence-corrected chi connectivity index (χ2v) is 7.50. The van der Waals surface area contributed by atoms with Crippen LogP contribution in [0.2, 0.25) is 0 Å². The maximum atomic E-state index is 13.0. The van der Waals surface area contributed by atoms with Gasteiger partial charge in [-0.3, -0.25) is 4.79 Å². The minimum atomic E-state index is -0.0444. The van der Waals surface area contributed by atoms with Gasteiger partial charge in [-0.25, -0.2) is 4.98 Å². The number of rotatable bonds is 8. The molecule has 0 saturated heterocycles. The van der Waals surface area contributed by atoms with Crippen molar-refractivity contribution in [2.75, 3.05) is 27.8 Å². The molecule has 0 unspecified atom stereocenters. The highest BCUT2D eigenvalue weighted by Crippen LogP contribution is 2.29. The number of methoxy groups -OCH3 is 2. The minimum Gasteiger partial charge on any atom is -0.493 e. The molecule has 29 heavy (non-hydrogen) atoms. The number of hydrogen-bond acceptors (Lipinski definition) is 5. The predicted octanol–water partition coefficient (Wildman–Crippen LogP) is 4.56. The second-order valence-electron chi connectivity index (χ2n) is 6.44. The van der Waals surface area contributed by atoms with Crippen molar-refractivity contribution in [3.8, 4) is 11.5 Å². The average Bonchev–Trinajstić information content (AvgIpc) is 2.77. The lowest BCUT2D eigenvalue weighted by Gasteiger charge is -2.19. The molecule has 6 heteroatoms. The van der Waals surface area contributed by atoms with E-state index in [1.807, 2.05) is 61.6 Å². The van der Waals surface area contributed by atoms with E-state index in [-0.39, 0.29) is 5.91 Å². The van der Waals surface area contributed by atoms with E-state index in [1.165, 1.54) is 11.8 Å². The van der Waals surface area contributed by atoms with Crippen molar-refractivity contribution in [1.82, 2.24) is 9.88 Å². The van der Waals surface area contributed by atoms with Gasteiger partial charge < -0.3 is 14.4 Å². The lowest BCUT2D eigenvalue weighted by molar-refractivity contribution is 0.0792. The molecule has 2 aromatic carbocycles. The number of carbonyl (C=O) groups is 1. The summed E-state index contributed by atoms with van der Waals surface area (Å²) < 4.78 is 10.6. The van der Waals surface area contributed by atoms with Crippen LogP contribution >= 0.6 is 11.8 Å². The number of likely N-dealkylation sites (N-methyl/N-ethyl adjacent to an activating group) is 1. The highest BCUT2D eigenvalue weighted by atomic mass is 32.2. The number of carbonyl (C=O) groups excluding carboxylic acids is 1. The molecule has 150 valence electrons. The number of nitrogens with zero attached hydrogens (tertiary/aromatic N) is 2. The monoisotopic (exact) mass is 408 g/mol. The van der Waals surface area contributed by atoms with E-state index in [2.05, 4.69) is 4.98 Å². The van der Waals surface area contributed by atoms with Crippen LogP contribution in [0.4, 0.5) is 0 Å². The number of ether oxygens (including phenoxy) is 2. The zero-order chi connectivity index (χ0) is 20.6. The lowest BCUT2D eigenvalue weighted by atomic mass is 10.1. The predicted molar refractivity (Wildman–Crippen MR) is 115 cm³/mol. The first-order valence-corrected chi connectivity index (χ1v) is 10.1. The summed E-state index contributed by atoms with van der Waals surface area (Å²) in [7, 11) is 5.04. The Balaban J connectivity index is 1.69.